The summed E-state index contributed by atoms with van der Waals surface area (Å²) in [5, 5.41) is 2.25. The number of nitrogens with zero attached hydrogens (tertiary/aromatic N) is 1. The fourth-order valence-corrected chi connectivity index (χ4v) is 4.49. The van der Waals surface area contributed by atoms with E-state index in [1.165, 1.54) is 40.9 Å². The van der Waals surface area contributed by atoms with Gasteiger partial charge in [0.15, 0.2) is 0 Å². The van der Waals surface area contributed by atoms with Gasteiger partial charge in [0, 0.05) is 28.3 Å². The molecule has 0 aliphatic heterocycles. The van der Waals surface area contributed by atoms with Gasteiger partial charge in [0.2, 0.25) is 10.0 Å². The van der Waals surface area contributed by atoms with E-state index in [1.807, 2.05) is 11.4 Å². The van der Waals surface area contributed by atoms with E-state index >= 15 is 0 Å². The smallest absolute Gasteiger partial charge is 0.243 e. The van der Waals surface area contributed by atoms with E-state index in [0.29, 0.717) is 11.6 Å². The molecule has 8 heteroatoms. The summed E-state index contributed by atoms with van der Waals surface area (Å²) in [5.74, 6) is 0. The first-order valence-electron chi connectivity index (χ1n) is 5.55. The third-order valence-electron chi connectivity index (χ3n) is 2.68. The largest absolute Gasteiger partial charge is 0.397 e. The molecule has 0 radical (unpaired) electrons. The summed E-state index contributed by atoms with van der Waals surface area (Å²) in [5.41, 5.74) is 5.90. The van der Waals surface area contributed by atoms with Crippen LogP contribution in [0.4, 0.5) is 5.69 Å². The summed E-state index contributed by atoms with van der Waals surface area (Å²) < 4.78 is 27.1. The molecular weight excluding hydrogens is 384 g/mol. The van der Waals surface area contributed by atoms with Crippen LogP contribution in [0.15, 0.2) is 39.0 Å². The van der Waals surface area contributed by atoms with E-state index < -0.39 is 10.0 Å². The number of nitrogens with two attached hydrogens (primary N) is 1. The van der Waals surface area contributed by atoms with Crippen LogP contribution in [0.1, 0.15) is 4.88 Å². The summed E-state index contributed by atoms with van der Waals surface area (Å²) in [4.78, 5) is 1.09. The summed E-state index contributed by atoms with van der Waals surface area (Å²) in [6.45, 7) is 0.307. The maximum Gasteiger partial charge on any atom is 0.243 e. The monoisotopic (exact) mass is 394 g/mol. The molecule has 20 heavy (non-hydrogen) atoms. The zero-order valence-corrected chi connectivity index (χ0v) is 14.5. The Balaban J connectivity index is 2.27. The second-order valence-electron chi connectivity index (χ2n) is 4.18. The molecule has 0 amide bonds. The highest BCUT2D eigenvalue weighted by molar-refractivity contribution is 9.10. The topological polar surface area (TPSA) is 63.4 Å². The van der Waals surface area contributed by atoms with E-state index in [-0.39, 0.29) is 10.6 Å². The zero-order valence-electron chi connectivity index (χ0n) is 10.5. The first kappa shape index (κ1) is 15.8. The van der Waals surface area contributed by atoms with Crippen LogP contribution in [0.3, 0.4) is 0 Å². The Bertz CT molecular complexity index is 731. The maximum atomic E-state index is 12.4. The van der Waals surface area contributed by atoms with E-state index in [1.54, 1.807) is 0 Å². The second-order valence-corrected chi connectivity index (χ2v) is 8.54. The quantitative estimate of drug-likeness (QED) is 0.805. The molecule has 0 fully saturated rings. The first-order valence-corrected chi connectivity index (χ1v) is 9.04. The van der Waals surface area contributed by atoms with Crippen molar-refractivity contribution in [3.8, 4) is 0 Å². The molecule has 1 heterocycles. The van der Waals surface area contributed by atoms with Crippen molar-refractivity contribution in [2.45, 2.75) is 11.4 Å². The fraction of sp³-hybridized carbons (Fsp3) is 0.167. The standard InChI is InChI=1S/C12H12BrClN2O2S2/c1-16(6-9-4-8(13)7-19-9)20(17,18)10-2-3-11(14)12(15)5-10/h2-5,7H,6,15H2,1H3. The van der Waals surface area contributed by atoms with Gasteiger partial charge < -0.3 is 5.73 Å². The fourth-order valence-electron chi connectivity index (χ4n) is 1.60. The zero-order chi connectivity index (χ0) is 14.9. The van der Waals surface area contributed by atoms with Gasteiger partial charge in [-0.05, 0) is 40.2 Å². The lowest BCUT2D eigenvalue weighted by atomic mass is 10.3. The molecule has 2 rings (SSSR count). The molecular formula is C12H12BrClN2O2S2. The number of sulfonamides is 1. The van der Waals surface area contributed by atoms with Gasteiger partial charge in [-0.1, -0.05) is 11.6 Å². The van der Waals surface area contributed by atoms with Crippen LogP contribution >= 0.6 is 38.9 Å². The van der Waals surface area contributed by atoms with Crippen molar-refractivity contribution in [1.29, 1.82) is 0 Å². The first-order chi connectivity index (χ1) is 9.30. The Morgan fingerprint density at radius 2 is 2.10 bits per heavy atom. The minimum atomic E-state index is -3.58. The van der Waals surface area contributed by atoms with E-state index in [4.69, 9.17) is 17.3 Å². The van der Waals surface area contributed by atoms with Crippen LogP contribution in [-0.4, -0.2) is 19.8 Å². The number of anilines is 1. The number of nitrogen functional groups attached to an aromatic ring is 1. The van der Waals surface area contributed by atoms with Crippen molar-refractivity contribution in [2.24, 2.45) is 0 Å². The third-order valence-corrected chi connectivity index (χ3v) is 6.50. The Morgan fingerprint density at radius 1 is 1.40 bits per heavy atom. The second kappa shape index (κ2) is 6.03. The van der Waals surface area contributed by atoms with Crippen molar-refractivity contribution in [3.63, 3.8) is 0 Å². The molecule has 0 spiro atoms. The van der Waals surface area contributed by atoms with Gasteiger partial charge in [-0.3, -0.25) is 0 Å². The molecule has 0 unspecified atom stereocenters. The SMILES string of the molecule is CN(Cc1cc(Br)cs1)S(=O)(=O)c1ccc(Cl)c(N)c1. The molecule has 1 aromatic carbocycles. The van der Waals surface area contributed by atoms with Gasteiger partial charge in [0.05, 0.1) is 15.6 Å². The molecule has 0 aliphatic carbocycles. The lowest BCUT2D eigenvalue weighted by molar-refractivity contribution is 0.469. The molecule has 0 atom stereocenters. The minimum absolute atomic E-state index is 0.137. The maximum absolute atomic E-state index is 12.4. The molecule has 2 aromatic rings. The van der Waals surface area contributed by atoms with Crippen LogP contribution in [0.5, 0.6) is 0 Å². The predicted molar refractivity (Wildman–Crippen MR) is 86.5 cm³/mol. The molecule has 2 N–H and O–H groups in total. The molecule has 0 aliphatic rings. The highest BCUT2D eigenvalue weighted by Gasteiger charge is 2.22. The van der Waals surface area contributed by atoms with Crippen molar-refractivity contribution in [2.75, 3.05) is 12.8 Å². The van der Waals surface area contributed by atoms with Crippen LogP contribution < -0.4 is 5.73 Å². The lowest BCUT2D eigenvalue weighted by Gasteiger charge is -2.16. The normalized spacial score (nSPS) is 12.0. The third kappa shape index (κ3) is 3.35. The van der Waals surface area contributed by atoms with Crippen molar-refractivity contribution >= 4 is 54.6 Å². The summed E-state index contributed by atoms with van der Waals surface area (Å²) in [7, 11) is -2.05. The number of halogens is 2. The number of hydrogen-bond acceptors (Lipinski definition) is 4. The number of rotatable bonds is 4. The molecule has 1 aromatic heterocycles. The summed E-state index contributed by atoms with van der Waals surface area (Å²) >= 11 is 10.6. The predicted octanol–water partition coefficient (Wildman–Crippen LogP) is 3.57. The number of hydrogen-bond donors (Lipinski definition) is 1. The van der Waals surface area contributed by atoms with Gasteiger partial charge in [-0.15, -0.1) is 11.3 Å². The number of thiophene rings is 1. The molecule has 0 saturated heterocycles. The summed E-state index contributed by atoms with van der Waals surface area (Å²) in [6.07, 6.45) is 0. The van der Waals surface area contributed by atoms with Crippen molar-refractivity contribution in [3.05, 3.63) is 44.0 Å². The Hall–Kier alpha value is -0.600. The van der Waals surface area contributed by atoms with Gasteiger partial charge in [0.1, 0.15) is 0 Å². The Kier molecular flexibility index (Phi) is 4.76. The molecule has 0 bridgehead atoms. The van der Waals surface area contributed by atoms with Crippen LogP contribution in [0.25, 0.3) is 0 Å². The molecule has 108 valence electrons. The van der Waals surface area contributed by atoms with E-state index in [2.05, 4.69) is 15.9 Å². The average Bonchev–Trinajstić information content (AvgIpc) is 2.78. The molecule has 4 nitrogen and oxygen atoms in total. The minimum Gasteiger partial charge on any atom is -0.397 e. The average molecular weight is 396 g/mol. The highest BCUT2D eigenvalue weighted by atomic mass is 79.9. The van der Waals surface area contributed by atoms with E-state index in [9.17, 15) is 8.42 Å². The van der Waals surface area contributed by atoms with E-state index in [0.717, 1.165) is 9.35 Å². The highest BCUT2D eigenvalue weighted by Crippen LogP contribution is 2.26. The summed E-state index contributed by atoms with van der Waals surface area (Å²) in [6, 6.07) is 6.21. The van der Waals surface area contributed by atoms with Gasteiger partial charge in [0.25, 0.3) is 0 Å². The Labute approximate surface area is 135 Å². The molecule has 0 saturated carbocycles. The number of benzene rings is 1. The van der Waals surface area contributed by atoms with Gasteiger partial charge in [-0.2, -0.15) is 4.31 Å². The van der Waals surface area contributed by atoms with Crippen LogP contribution in [0.2, 0.25) is 5.02 Å². The van der Waals surface area contributed by atoms with Gasteiger partial charge >= 0.3 is 0 Å². The van der Waals surface area contributed by atoms with Crippen molar-refractivity contribution < 1.29 is 8.42 Å². The van der Waals surface area contributed by atoms with Crippen LogP contribution in [-0.2, 0) is 16.6 Å². The van der Waals surface area contributed by atoms with Crippen LogP contribution in [0, 0.1) is 0 Å². The Morgan fingerprint density at radius 3 is 2.65 bits per heavy atom. The van der Waals surface area contributed by atoms with Crippen molar-refractivity contribution in [1.82, 2.24) is 4.31 Å². The lowest BCUT2D eigenvalue weighted by Crippen LogP contribution is -2.26. The van der Waals surface area contributed by atoms with Gasteiger partial charge in [-0.25, -0.2) is 8.42 Å².